The van der Waals surface area contributed by atoms with Gasteiger partial charge in [-0.2, -0.15) is 11.8 Å². The molecular weight excluding hydrogens is 252 g/mol. The molecule has 1 aliphatic heterocycles. The van der Waals surface area contributed by atoms with Crippen molar-refractivity contribution in [3.63, 3.8) is 0 Å². The Morgan fingerprint density at radius 1 is 1.26 bits per heavy atom. The van der Waals surface area contributed by atoms with Crippen LogP contribution in [0.1, 0.15) is 31.4 Å². The quantitative estimate of drug-likeness (QED) is 0.805. The number of piperazine rings is 1. The molecule has 1 aromatic carbocycles. The minimum Gasteiger partial charge on any atom is -0.311 e. The van der Waals surface area contributed by atoms with E-state index in [1.807, 2.05) is 11.8 Å². The van der Waals surface area contributed by atoms with Crippen molar-refractivity contribution in [2.24, 2.45) is 0 Å². The van der Waals surface area contributed by atoms with Crippen molar-refractivity contribution in [2.45, 2.75) is 31.8 Å². The number of hydrogen-bond donors (Lipinski definition) is 1. The molecule has 1 fully saturated rings. The van der Waals surface area contributed by atoms with E-state index in [2.05, 4.69) is 53.7 Å². The third-order valence-corrected chi connectivity index (χ3v) is 4.53. The second-order valence-corrected chi connectivity index (χ2v) is 6.42. The Kier molecular flexibility index (Phi) is 6.21. The molecule has 0 spiro atoms. The minimum absolute atomic E-state index is 0.548. The molecule has 1 N–H and O–H groups in total. The summed E-state index contributed by atoms with van der Waals surface area (Å²) in [6.45, 7) is 5.76. The molecule has 1 heterocycles. The van der Waals surface area contributed by atoms with Crippen molar-refractivity contribution in [1.82, 2.24) is 10.2 Å². The largest absolute Gasteiger partial charge is 0.311 e. The summed E-state index contributed by atoms with van der Waals surface area (Å²) >= 11 is 1.96. The van der Waals surface area contributed by atoms with E-state index in [1.54, 1.807) is 0 Å². The highest BCUT2D eigenvalue weighted by Gasteiger charge is 2.26. The van der Waals surface area contributed by atoms with E-state index in [0.29, 0.717) is 12.1 Å². The van der Waals surface area contributed by atoms with Gasteiger partial charge in [-0.15, -0.1) is 0 Å². The average Bonchev–Trinajstić information content (AvgIpc) is 2.45. The summed E-state index contributed by atoms with van der Waals surface area (Å²) in [7, 11) is 0. The second kappa shape index (κ2) is 7.93. The predicted molar refractivity (Wildman–Crippen MR) is 85.8 cm³/mol. The molecule has 1 aromatic rings. The lowest BCUT2D eigenvalue weighted by Gasteiger charge is -2.39. The first-order valence-electron chi connectivity index (χ1n) is 7.32. The molecular formula is C16H26N2S. The molecule has 0 aromatic heterocycles. The van der Waals surface area contributed by atoms with Crippen LogP contribution in [0.4, 0.5) is 0 Å². The number of nitrogens with one attached hydrogen (secondary N) is 1. The van der Waals surface area contributed by atoms with Gasteiger partial charge in [-0.25, -0.2) is 0 Å². The summed E-state index contributed by atoms with van der Waals surface area (Å²) in [4.78, 5) is 2.66. The molecule has 106 valence electrons. The van der Waals surface area contributed by atoms with Crippen LogP contribution in [0.25, 0.3) is 0 Å². The van der Waals surface area contributed by atoms with E-state index in [-0.39, 0.29) is 0 Å². The van der Waals surface area contributed by atoms with Crippen LogP contribution in [0.5, 0.6) is 0 Å². The van der Waals surface area contributed by atoms with E-state index in [9.17, 15) is 0 Å². The van der Waals surface area contributed by atoms with Crippen LogP contribution in [0.2, 0.25) is 0 Å². The summed E-state index contributed by atoms with van der Waals surface area (Å²) in [5, 5.41) is 3.62. The highest BCUT2D eigenvalue weighted by atomic mass is 32.2. The van der Waals surface area contributed by atoms with Gasteiger partial charge in [0.15, 0.2) is 0 Å². The lowest BCUT2D eigenvalue weighted by molar-refractivity contribution is 0.134. The zero-order chi connectivity index (χ0) is 13.5. The zero-order valence-corrected chi connectivity index (χ0v) is 13.0. The van der Waals surface area contributed by atoms with Crippen molar-refractivity contribution < 1.29 is 0 Å². The smallest absolute Gasteiger partial charge is 0.0473 e. The molecule has 0 amide bonds. The SMILES string of the molecule is CSCCCCN1CC(C)NCC1c1ccccc1. The van der Waals surface area contributed by atoms with Gasteiger partial charge in [0.25, 0.3) is 0 Å². The van der Waals surface area contributed by atoms with Gasteiger partial charge in [-0.1, -0.05) is 30.3 Å². The van der Waals surface area contributed by atoms with E-state index >= 15 is 0 Å². The highest BCUT2D eigenvalue weighted by Crippen LogP contribution is 2.23. The number of rotatable bonds is 6. The second-order valence-electron chi connectivity index (χ2n) is 5.43. The number of thioether (sulfide) groups is 1. The van der Waals surface area contributed by atoms with E-state index < -0.39 is 0 Å². The van der Waals surface area contributed by atoms with Crippen LogP contribution in [-0.2, 0) is 0 Å². The monoisotopic (exact) mass is 278 g/mol. The Hall–Kier alpha value is -0.510. The van der Waals surface area contributed by atoms with Crippen LogP contribution in [-0.4, -0.2) is 42.6 Å². The van der Waals surface area contributed by atoms with Crippen LogP contribution in [0, 0.1) is 0 Å². The van der Waals surface area contributed by atoms with Gasteiger partial charge in [0, 0.05) is 25.2 Å². The zero-order valence-electron chi connectivity index (χ0n) is 12.1. The Morgan fingerprint density at radius 2 is 2.05 bits per heavy atom. The van der Waals surface area contributed by atoms with Gasteiger partial charge in [0.1, 0.15) is 0 Å². The lowest BCUT2D eigenvalue weighted by atomic mass is 10.0. The molecule has 0 aliphatic carbocycles. The Labute approximate surface area is 122 Å². The highest BCUT2D eigenvalue weighted by molar-refractivity contribution is 7.98. The maximum absolute atomic E-state index is 3.62. The fourth-order valence-corrected chi connectivity index (χ4v) is 3.29. The molecule has 1 aliphatic rings. The summed E-state index contributed by atoms with van der Waals surface area (Å²) in [5.74, 6) is 1.29. The normalized spacial score (nSPS) is 24.5. The molecule has 2 rings (SSSR count). The average molecular weight is 278 g/mol. The fourth-order valence-electron chi connectivity index (χ4n) is 2.80. The predicted octanol–water partition coefficient (Wildman–Crippen LogP) is 3.16. The third-order valence-electron chi connectivity index (χ3n) is 3.84. The number of nitrogens with zero attached hydrogens (tertiary/aromatic N) is 1. The van der Waals surface area contributed by atoms with Gasteiger partial charge >= 0.3 is 0 Å². The molecule has 0 saturated carbocycles. The van der Waals surface area contributed by atoms with Crippen molar-refractivity contribution in [1.29, 1.82) is 0 Å². The van der Waals surface area contributed by atoms with E-state index in [0.717, 1.165) is 6.54 Å². The summed E-state index contributed by atoms with van der Waals surface area (Å²) < 4.78 is 0. The first-order valence-corrected chi connectivity index (χ1v) is 8.72. The molecule has 2 unspecified atom stereocenters. The molecule has 19 heavy (non-hydrogen) atoms. The molecule has 3 heteroatoms. The first-order chi connectivity index (χ1) is 9.31. The Balaban J connectivity index is 1.94. The Bertz CT molecular complexity index is 355. The summed E-state index contributed by atoms with van der Waals surface area (Å²) in [6, 6.07) is 12.1. The van der Waals surface area contributed by atoms with Crippen molar-refractivity contribution in [3.8, 4) is 0 Å². The van der Waals surface area contributed by atoms with Gasteiger partial charge in [-0.05, 0) is 43.9 Å². The summed E-state index contributed by atoms with van der Waals surface area (Å²) in [6.07, 6.45) is 4.84. The minimum atomic E-state index is 0.548. The van der Waals surface area contributed by atoms with Gasteiger partial charge in [0.2, 0.25) is 0 Å². The maximum Gasteiger partial charge on any atom is 0.0473 e. The van der Waals surface area contributed by atoms with E-state index in [4.69, 9.17) is 0 Å². The third kappa shape index (κ3) is 4.51. The Morgan fingerprint density at radius 3 is 2.79 bits per heavy atom. The van der Waals surface area contributed by atoms with Crippen LogP contribution in [0.15, 0.2) is 30.3 Å². The van der Waals surface area contributed by atoms with Crippen LogP contribution >= 0.6 is 11.8 Å². The molecule has 2 atom stereocenters. The standard InChI is InChI=1S/C16H26N2S/c1-14-13-18(10-6-7-11-19-2)16(12-17-14)15-8-4-3-5-9-15/h3-5,8-9,14,16-17H,6-7,10-13H2,1-2H3. The van der Waals surface area contributed by atoms with E-state index in [1.165, 1.54) is 37.2 Å². The maximum atomic E-state index is 3.62. The van der Waals surface area contributed by atoms with Crippen LogP contribution < -0.4 is 5.32 Å². The molecule has 0 radical (unpaired) electrons. The number of benzene rings is 1. The van der Waals surface area contributed by atoms with Crippen molar-refractivity contribution in [3.05, 3.63) is 35.9 Å². The lowest BCUT2D eigenvalue weighted by Crippen LogP contribution is -2.51. The fraction of sp³-hybridized carbons (Fsp3) is 0.625. The first kappa shape index (κ1) is 14.9. The topological polar surface area (TPSA) is 15.3 Å². The van der Waals surface area contributed by atoms with Crippen molar-refractivity contribution in [2.75, 3.05) is 31.6 Å². The molecule has 0 bridgehead atoms. The summed E-state index contributed by atoms with van der Waals surface area (Å²) in [5.41, 5.74) is 1.45. The van der Waals surface area contributed by atoms with Gasteiger partial charge < -0.3 is 5.32 Å². The van der Waals surface area contributed by atoms with Crippen molar-refractivity contribution >= 4 is 11.8 Å². The van der Waals surface area contributed by atoms with Gasteiger partial charge in [0.05, 0.1) is 0 Å². The van der Waals surface area contributed by atoms with Gasteiger partial charge in [-0.3, -0.25) is 4.90 Å². The number of hydrogen-bond acceptors (Lipinski definition) is 3. The molecule has 2 nitrogen and oxygen atoms in total. The number of unbranched alkanes of at least 4 members (excludes halogenated alkanes) is 1. The molecule has 1 saturated heterocycles. The van der Waals surface area contributed by atoms with Crippen LogP contribution in [0.3, 0.4) is 0 Å².